The molecule has 0 amide bonds. The van der Waals surface area contributed by atoms with E-state index in [0.717, 1.165) is 23.9 Å². The number of hydrogen-bond donors (Lipinski definition) is 2. The maximum atomic E-state index is 9.16. The van der Waals surface area contributed by atoms with E-state index in [2.05, 4.69) is 31.3 Å². The Hall–Kier alpha value is -0.860. The Kier molecular flexibility index (Phi) is 5.41. The first-order chi connectivity index (χ1) is 9.19. The predicted molar refractivity (Wildman–Crippen MR) is 79.8 cm³/mol. The highest BCUT2D eigenvalue weighted by molar-refractivity contribution is 5.22. The Morgan fingerprint density at radius 1 is 1.21 bits per heavy atom. The van der Waals surface area contributed by atoms with Gasteiger partial charge in [-0.15, -0.1) is 0 Å². The summed E-state index contributed by atoms with van der Waals surface area (Å²) in [6.07, 6.45) is 5.39. The Bertz CT molecular complexity index is 385. The highest BCUT2D eigenvalue weighted by Crippen LogP contribution is 2.35. The molecule has 2 nitrogen and oxygen atoms in total. The molecule has 0 aliphatic heterocycles. The van der Waals surface area contributed by atoms with Crippen LogP contribution in [0.25, 0.3) is 0 Å². The second kappa shape index (κ2) is 7.06. The van der Waals surface area contributed by atoms with Gasteiger partial charge in [0.15, 0.2) is 0 Å². The van der Waals surface area contributed by atoms with E-state index in [-0.39, 0.29) is 6.61 Å². The molecule has 2 heteroatoms. The molecule has 0 bridgehead atoms. The topological polar surface area (TPSA) is 32.3 Å². The van der Waals surface area contributed by atoms with Crippen LogP contribution in [0.4, 0.5) is 0 Å². The van der Waals surface area contributed by atoms with E-state index >= 15 is 0 Å². The second-order valence-electron chi connectivity index (χ2n) is 6.27. The Labute approximate surface area is 117 Å². The van der Waals surface area contributed by atoms with Gasteiger partial charge in [0.05, 0.1) is 6.61 Å². The first-order valence-corrected chi connectivity index (χ1v) is 7.61. The molecule has 1 aromatic rings. The fourth-order valence-electron chi connectivity index (χ4n) is 2.60. The maximum absolute atomic E-state index is 9.16. The van der Waals surface area contributed by atoms with Crippen LogP contribution in [0.5, 0.6) is 0 Å². The molecule has 1 aromatic carbocycles. The van der Waals surface area contributed by atoms with Crippen molar-refractivity contribution in [3.63, 3.8) is 0 Å². The van der Waals surface area contributed by atoms with Crippen LogP contribution in [0.3, 0.4) is 0 Å². The molecule has 0 radical (unpaired) electrons. The second-order valence-corrected chi connectivity index (χ2v) is 6.27. The van der Waals surface area contributed by atoms with Crippen LogP contribution < -0.4 is 5.32 Å². The smallest absolute Gasteiger partial charge is 0.0681 e. The minimum Gasteiger partial charge on any atom is -0.392 e. The zero-order valence-corrected chi connectivity index (χ0v) is 12.2. The summed E-state index contributed by atoms with van der Waals surface area (Å²) in [5.41, 5.74) is 2.28. The number of benzene rings is 1. The lowest BCUT2D eigenvalue weighted by atomic mass is 10.00. The van der Waals surface area contributed by atoms with E-state index in [1.165, 1.54) is 31.2 Å². The molecule has 0 heterocycles. The molecule has 1 aliphatic rings. The third-order valence-corrected chi connectivity index (χ3v) is 3.99. The average Bonchev–Trinajstić information content (AvgIpc) is 3.23. The molecule has 1 aliphatic carbocycles. The Morgan fingerprint density at radius 2 is 1.95 bits per heavy atom. The summed E-state index contributed by atoms with van der Waals surface area (Å²) in [5.74, 6) is 1.69. The molecule has 19 heavy (non-hydrogen) atoms. The van der Waals surface area contributed by atoms with Gasteiger partial charge in [-0.25, -0.2) is 0 Å². The molecule has 2 N–H and O–H groups in total. The van der Waals surface area contributed by atoms with Gasteiger partial charge >= 0.3 is 0 Å². The minimum absolute atomic E-state index is 0.132. The lowest BCUT2D eigenvalue weighted by Gasteiger charge is -2.19. The number of aliphatic hydroxyl groups is 1. The third-order valence-electron chi connectivity index (χ3n) is 3.99. The van der Waals surface area contributed by atoms with Gasteiger partial charge in [-0.1, -0.05) is 38.1 Å². The van der Waals surface area contributed by atoms with Gasteiger partial charge in [0.25, 0.3) is 0 Å². The number of aliphatic hydroxyl groups excluding tert-OH is 1. The summed E-state index contributed by atoms with van der Waals surface area (Å²) < 4.78 is 0. The van der Waals surface area contributed by atoms with Crippen LogP contribution in [0.2, 0.25) is 0 Å². The Balaban J connectivity index is 1.83. The normalized spacial score (nSPS) is 16.8. The van der Waals surface area contributed by atoms with Crippen molar-refractivity contribution in [2.45, 2.75) is 58.7 Å². The van der Waals surface area contributed by atoms with Crippen molar-refractivity contribution in [1.29, 1.82) is 0 Å². The molecule has 2 rings (SSSR count). The summed E-state index contributed by atoms with van der Waals surface area (Å²) in [4.78, 5) is 0. The quantitative estimate of drug-likeness (QED) is 0.751. The molecule has 1 atom stereocenters. The highest BCUT2D eigenvalue weighted by atomic mass is 16.3. The van der Waals surface area contributed by atoms with Crippen molar-refractivity contribution in [3.8, 4) is 0 Å². The fourth-order valence-corrected chi connectivity index (χ4v) is 2.60. The first-order valence-electron chi connectivity index (χ1n) is 7.61. The van der Waals surface area contributed by atoms with Crippen molar-refractivity contribution in [3.05, 3.63) is 35.4 Å². The zero-order chi connectivity index (χ0) is 13.7. The summed E-state index contributed by atoms with van der Waals surface area (Å²) in [6.45, 7) is 5.66. The SMILES string of the molecule is CC(C)CCC(NCc1cccc(CO)c1)C1CC1. The molecule has 0 aromatic heterocycles. The van der Waals surface area contributed by atoms with Gasteiger partial charge in [0, 0.05) is 12.6 Å². The largest absolute Gasteiger partial charge is 0.392 e. The Morgan fingerprint density at radius 3 is 2.58 bits per heavy atom. The zero-order valence-electron chi connectivity index (χ0n) is 12.2. The molecule has 0 spiro atoms. The van der Waals surface area contributed by atoms with Crippen LogP contribution in [-0.2, 0) is 13.2 Å². The van der Waals surface area contributed by atoms with E-state index in [0.29, 0.717) is 6.04 Å². The maximum Gasteiger partial charge on any atom is 0.0681 e. The average molecular weight is 261 g/mol. The number of rotatable bonds is 8. The molecular weight excluding hydrogens is 234 g/mol. The van der Waals surface area contributed by atoms with Gasteiger partial charge in [-0.3, -0.25) is 0 Å². The highest BCUT2D eigenvalue weighted by Gasteiger charge is 2.30. The van der Waals surface area contributed by atoms with Crippen molar-refractivity contribution in [2.75, 3.05) is 0 Å². The van der Waals surface area contributed by atoms with Gasteiger partial charge in [-0.05, 0) is 48.6 Å². The summed E-state index contributed by atoms with van der Waals surface area (Å²) in [6, 6.07) is 8.92. The van der Waals surface area contributed by atoms with Crippen LogP contribution in [-0.4, -0.2) is 11.1 Å². The van der Waals surface area contributed by atoms with E-state index in [4.69, 9.17) is 5.11 Å². The van der Waals surface area contributed by atoms with Crippen LogP contribution in [0, 0.1) is 11.8 Å². The lowest BCUT2D eigenvalue weighted by molar-refractivity contribution is 0.281. The standard InChI is InChI=1S/C17H27NO/c1-13(2)6-9-17(16-7-8-16)18-11-14-4-3-5-15(10-14)12-19/h3-5,10,13,16-19H,6-9,11-12H2,1-2H3. The summed E-state index contributed by atoms with van der Waals surface area (Å²) in [5, 5.41) is 12.9. The van der Waals surface area contributed by atoms with E-state index in [1.807, 2.05) is 12.1 Å². The van der Waals surface area contributed by atoms with Crippen molar-refractivity contribution in [2.24, 2.45) is 11.8 Å². The van der Waals surface area contributed by atoms with E-state index < -0.39 is 0 Å². The van der Waals surface area contributed by atoms with Gasteiger partial charge in [0.1, 0.15) is 0 Å². The summed E-state index contributed by atoms with van der Waals surface area (Å²) in [7, 11) is 0. The molecular formula is C17H27NO. The van der Waals surface area contributed by atoms with Crippen molar-refractivity contribution in [1.82, 2.24) is 5.32 Å². The lowest BCUT2D eigenvalue weighted by Crippen LogP contribution is -2.31. The minimum atomic E-state index is 0.132. The summed E-state index contributed by atoms with van der Waals surface area (Å²) >= 11 is 0. The van der Waals surface area contributed by atoms with Crippen LogP contribution in [0.15, 0.2) is 24.3 Å². The molecule has 1 saturated carbocycles. The first kappa shape index (κ1) is 14.5. The van der Waals surface area contributed by atoms with E-state index in [1.54, 1.807) is 0 Å². The fraction of sp³-hybridized carbons (Fsp3) is 0.647. The van der Waals surface area contributed by atoms with Crippen LogP contribution >= 0.6 is 0 Å². The van der Waals surface area contributed by atoms with Crippen LogP contribution in [0.1, 0.15) is 50.7 Å². The third kappa shape index (κ3) is 4.96. The van der Waals surface area contributed by atoms with Gasteiger partial charge < -0.3 is 10.4 Å². The number of hydrogen-bond acceptors (Lipinski definition) is 2. The molecule has 1 fully saturated rings. The molecule has 0 saturated heterocycles. The van der Waals surface area contributed by atoms with Crippen molar-refractivity contribution >= 4 is 0 Å². The number of nitrogens with one attached hydrogen (secondary N) is 1. The van der Waals surface area contributed by atoms with E-state index in [9.17, 15) is 0 Å². The monoisotopic (exact) mass is 261 g/mol. The van der Waals surface area contributed by atoms with Crippen molar-refractivity contribution < 1.29 is 5.11 Å². The van der Waals surface area contributed by atoms with Gasteiger partial charge in [0.2, 0.25) is 0 Å². The predicted octanol–water partition coefficient (Wildman–Crippen LogP) is 3.48. The molecule has 1 unspecified atom stereocenters. The van der Waals surface area contributed by atoms with Gasteiger partial charge in [-0.2, -0.15) is 0 Å². The molecule has 106 valence electrons.